The fraction of sp³-hybridized carbons (Fsp3) is 0.276. The standard InChI is InChI=1S/C29H28FN3O6/c1-37-25-8-7-20-13-26(25)38-17-27(34)31-15-18-11-21(30)14-22(12-18)39-24-9-10-33(16-23(24)32-28(20)35)29(36)19-5-3-2-4-6-19/h2-8,11-14,23-24H,9-10,15-17H2,1H3,(H,31,34)(H,32,35)/t23-,24+/m0/s1. The van der Waals surface area contributed by atoms with Crippen LogP contribution in [0.3, 0.4) is 0 Å². The third-order valence-electron chi connectivity index (χ3n) is 6.67. The molecule has 0 spiro atoms. The van der Waals surface area contributed by atoms with Crippen molar-refractivity contribution in [1.82, 2.24) is 15.5 Å². The van der Waals surface area contributed by atoms with Crippen LogP contribution in [0.5, 0.6) is 17.2 Å². The first-order valence-corrected chi connectivity index (χ1v) is 12.6. The third kappa shape index (κ3) is 6.11. The molecule has 2 aliphatic rings. The van der Waals surface area contributed by atoms with Crippen LogP contribution in [0.15, 0.2) is 66.7 Å². The highest BCUT2D eigenvalue weighted by Crippen LogP contribution is 2.29. The van der Waals surface area contributed by atoms with E-state index in [1.807, 2.05) is 6.07 Å². The number of fused-ring (bicyclic) bond motifs is 5. The second kappa shape index (κ2) is 11.4. The maximum Gasteiger partial charge on any atom is 0.258 e. The Morgan fingerprint density at radius 1 is 1.08 bits per heavy atom. The van der Waals surface area contributed by atoms with E-state index in [0.717, 1.165) is 0 Å². The average molecular weight is 534 g/mol. The lowest BCUT2D eigenvalue weighted by Gasteiger charge is -2.39. The van der Waals surface area contributed by atoms with E-state index in [0.29, 0.717) is 29.8 Å². The molecule has 0 aromatic heterocycles. The Morgan fingerprint density at radius 3 is 2.69 bits per heavy atom. The predicted octanol–water partition coefficient (Wildman–Crippen LogP) is 2.94. The predicted molar refractivity (Wildman–Crippen MR) is 139 cm³/mol. The molecule has 4 bridgehead atoms. The van der Waals surface area contributed by atoms with E-state index >= 15 is 0 Å². The molecule has 3 amide bonds. The Bertz CT molecular complexity index is 1380. The molecule has 0 aliphatic carbocycles. The number of methoxy groups -OCH3 is 1. The first-order valence-electron chi connectivity index (χ1n) is 12.6. The van der Waals surface area contributed by atoms with Crippen LogP contribution in [0.25, 0.3) is 0 Å². The van der Waals surface area contributed by atoms with Crippen LogP contribution in [0.1, 0.15) is 32.7 Å². The molecule has 1 saturated heterocycles. The van der Waals surface area contributed by atoms with Crippen molar-refractivity contribution in [2.45, 2.75) is 25.1 Å². The highest BCUT2D eigenvalue weighted by Gasteiger charge is 2.35. The molecule has 39 heavy (non-hydrogen) atoms. The molecule has 2 N–H and O–H groups in total. The fourth-order valence-corrected chi connectivity index (χ4v) is 4.70. The van der Waals surface area contributed by atoms with Gasteiger partial charge in [-0.2, -0.15) is 0 Å². The molecule has 2 aliphatic heterocycles. The van der Waals surface area contributed by atoms with Crippen molar-refractivity contribution in [3.63, 3.8) is 0 Å². The number of likely N-dealkylation sites (tertiary alicyclic amines) is 1. The number of nitrogens with zero attached hydrogens (tertiary/aromatic N) is 1. The lowest BCUT2D eigenvalue weighted by Crippen LogP contribution is -2.58. The highest BCUT2D eigenvalue weighted by molar-refractivity contribution is 5.96. The first-order chi connectivity index (χ1) is 18.9. The highest BCUT2D eigenvalue weighted by atomic mass is 19.1. The van der Waals surface area contributed by atoms with Crippen LogP contribution in [0, 0.1) is 5.82 Å². The minimum atomic E-state index is -0.593. The normalized spacial score (nSPS) is 19.5. The van der Waals surface area contributed by atoms with E-state index in [1.165, 1.54) is 25.3 Å². The third-order valence-corrected chi connectivity index (χ3v) is 6.67. The molecular weight excluding hydrogens is 505 g/mol. The van der Waals surface area contributed by atoms with Crippen LogP contribution in [-0.4, -0.2) is 61.6 Å². The van der Waals surface area contributed by atoms with E-state index in [-0.39, 0.29) is 42.7 Å². The molecule has 9 nitrogen and oxygen atoms in total. The van der Waals surface area contributed by atoms with Crippen LogP contribution < -0.4 is 24.8 Å². The van der Waals surface area contributed by atoms with E-state index < -0.39 is 29.8 Å². The van der Waals surface area contributed by atoms with Crippen molar-refractivity contribution in [1.29, 1.82) is 0 Å². The van der Waals surface area contributed by atoms with Crippen molar-refractivity contribution in [2.24, 2.45) is 0 Å². The zero-order chi connectivity index (χ0) is 27.4. The lowest BCUT2D eigenvalue weighted by atomic mass is 10.00. The van der Waals surface area contributed by atoms with Crippen LogP contribution in [0.4, 0.5) is 4.39 Å². The Labute approximate surface area is 224 Å². The number of carbonyl (C=O) groups excluding carboxylic acids is 3. The van der Waals surface area contributed by atoms with Crippen LogP contribution >= 0.6 is 0 Å². The van der Waals surface area contributed by atoms with Crippen molar-refractivity contribution in [2.75, 3.05) is 26.8 Å². The largest absolute Gasteiger partial charge is 0.493 e. The molecule has 3 aromatic carbocycles. The number of halogens is 1. The van der Waals surface area contributed by atoms with Gasteiger partial charge in [0.2, 0.25) is 0 Å². The van der Waals surface area contributed by atoms with Crippen LogP contribution in [-0.2, 0) is 11.3 Å². The number of benzene rings is 3. The van der Waals surface area contributed by atoms with Gasteiger partial charge in [0.15, 0.2) is 18.1 Å². The van der Waals surface area contributed by atoms with Gasteiger partial charge in [0.25, 0.3) is 17.7 Å². The van der Waals surface area contributed by atoms with Crippen molar-refractivity contribution >= 4 is 17.7 Å². The number of ether oxygens (including phenoxy) is 3. The Kier molecular flexibility index (Phi) is 7.62. The zero-order valence-corrected chi connectivity index (χ0v) is 21.3. The molecule has 0 saturated carbocycles. The summed E-state index contributed by atoms with van der Waals surface area (Å²) in [6.45, 7) is 0.324. The minimum Gasteiger partial charge on any atom is -0.493 e. The van der Waals surface area contributed by atoms with Gasteiger partial charge >= 0.3 is 0 Å². The second-order valence-corrected chi connectivity index (χ2v) is 9.37. The van der Waals surface area contributed by atoms with Gasteiger partial charge in [-0.25, -0.2) is 4.39 Å². The molecule has 2 atom stereocenters. The molecule has 3 aromatic rings. The second-order valence-electron chi connectivity index (χ2n) is 9.37. The molecular formula is C29H28FN3O6. The Hall–Kier alpha value is -4.60. The van der Waals surface area contributed by atoms with Gasteiger partial charge in [0.05, 0.1) is 13.2 Å². The van der Waals surface area contributed by atoms with E-state index in [9.17, 15) is 18.8 Å². The lowest BCUT2D eigenvalue weighted by molar-refractivity contribution is -0.123. The Morgan fingerprint density at radius 2 is 1.90 bits per heavy atom. The van der Waals surface area contributed by atoms with Crippen LogP contribution in [0.2, 0.25) is 0 Å². The summed E-state index contributed by atoms with van der Waals surface area (Å²) in [6.07, 6.45) is -0.136. The quantitative estimate of drug-likeness (QED) is 0.525. The van der Waals surface area contributed by atoms with Gasteiger partial charge in [-0.3, -0.25) is 14.4 Å². The topological polar surface area (TPSA) is 106 Å². The molecule has 0 radical (unpaired) electrons. The van der Waals surface area contributed by atoms with Crippen molar-refractivity contribution in [3.8, 4) is 17.2 Å². The number of amides is 3. The summed E-state index contributed by atoms with van der Waals surface area (Å²) in [7, 11) is 1.46. The average Bonchev–Trinajstić information content (AvgIpc) is 2.95. The summed E-state index contributed by atoms with van der Waals surface area (Å²) in [4.78, 5) is 40.6. The minimum absolute atomic E-state index is 0.0671. The summed E-state index contributed by atoms with van der Waals surface area (Å²) in [5.74, 6) is -0.689. The smallest absolute Gasteiger partial charge is 0.258 e. The fourth-order valence-electron chi connectivity index (χ4n) is 4.70. The zero-order valence-electron chi connectivity index (χ0n) is 21.3. The number of carbonyl (C=O) groups is 3. The van der Waals surface area contributed by atoms with Gasteiger partial charge in [0, 0.05) is 43.2 Å². The molecule has 5 rings (SSSR count). The summed E-state index contributed by atoms with van der Waals surface area (Å²) >= 11 is 0. The molecule has 10 heteroatoms. The van der Waals surface area contributed by atoms with Gasteiger partial charge in [-0.05, 0) is 48.0 Å². The summed E-state index contributed by atoms with van der Waals surface area (Å²) in [5.41, 5.74) is 1.32. The summed E-state index contributed by atoms with van der Waals surface area (Å²) in [6, 6.07) is 17.2. The monoisotopic (exact) mass is 533 g/mol. The molecule has 0 unspecified atom stereocenters. The van der Waals surface area contributed by atoms with E-state index in [4.69, 9.17) is 14.2 Å². The van der Waals surface area contributed by atoms with Gasteiger partial charge in [-0.15, -0.1) is 0 Å². The number of piperidine rings is 1. The van der Waals surface area contributed by atoms with E-state index in [2.05, 4.69) is 10.6 Å². The SMILES string of the molecule is COc1ccc2cc1OCC(=O)NCc1cc(F)cc(c1)O[C@@H]1CCN(C(=O)c3ccccc3)C[C@@H]1NC2=O. The first kappa shape index (κ1) is 26.0. The van der Waals surface area contributed by atoms with Gasteiger partial charge in [-0.1, -0.05) is 18.2 Å². The number of hydrogen-bond acceptors (Lipinski definition) is 6. The number of rotatable bonds is 2. The number of hydrogen-bond donors (Lipinski definition) is 2. The van der Waals surface area contributed by atoms with E-state index in [1.54, 1.807) is 47.4 Å². The maximum absolute atomic E-state index is 14.4. The Balaban J connectivity index is 1.47. The molecule has 1 fully saturated rings. The molecule has 202 valence electrons. The summed E-state index contributed by atoms with van der Waals surface area (Å²) < 4.78 is 31.6. The summed E-state index contributed by atoms with van der Waals surface area (Å²) in [5, 5.41) is 5.68. The number of nitrogens with one attached hydrogen (secondary N) is 2. The van der Waals surface area contributed by atoms with Crippen molar-refractivity contribution in [3.05, 3.63) is 89.2 Å². The molecule has 2 heterocycles. The van der Waals surface area contributed by atoms with Gasteiger partial charge < -0.3 is 29.7 Å². The van der Waals surface area contributed by atoms with Crippen molar-refractivity contribution < 1.29 is 33.0 Å². The maximum atomic E-state index is 14.4. The van der Waals surface area contributed by atoms with Gasteiger partial charge in [0.1, 0.15) is 17.7 Å².